The molecule has 0 aliphatic heterocycles. The average molecular weight is 423 g/mol. The molecule has 0 aromatic heterocycles. The number of nitrogens with one attached hydrogen (secondary N) is 1. The van der Waals surface area contributed by atoms with Crippen LogP contribution in [0.15, 0.2) is 42.5 Å². The molecule has 6 nitrogen and oxygen atoms in total. The quantitative estimate of drug-likeness (QED) is 0.597. The van der Waals surface area contributed by atoms with Gasteiger partial charge in [-0.1, -0.05) is 6.07 Å². The maximum Gasteiger partial charge on any atom is 0.232 e. The lowest BCUT2D eigenvalue weighted by Crippen LogP contribution is -2.32. The van der Waals surface area contributed by atoms with Gasteiger partial charge in [-0.15, -0.1) is 0 Å². The molecule has 8 heteroatoms. The zero-order chi connectivity index (χ0) is 21.4. The molecule has 0 spiro atoms. The minimum atomic E-state index is -3.53. The van der Waals surface area contributed by atoms with Crippen LogP contribution in [0, 0.1) is 19.7 Å². The number of benzene rings is 2. The summed E-state index contributed by atoms with van der Waals surface area (Å²) in [7, 11) is -3.53. The lowest BCUT2D eigenvalue weighted by molar-refractivity contribution is -0.121. The van der Waals surface area contributed by atoms with E-state index in [1.807, 2.05) is 26.0 Å². The van der Waals surface area contributed by atoms with Crippen molar-refractivity contribution in [3.63, 3.8) is 0 Å². The largest absolute Gasteiger partial charge is 0.492 e. The van der Waals surface area contributed by atoms with Crippen molar-refractivity contribution in [1.82, 2.24) is 5.32 Å². The third-order valence-corrected chi connectivity index (χ3v) is 5.36. The maximum absolute atomic E-state index is 13.1. The predicted octanol–water partition coefficient (Wildman–Crippen LogP) is 3.18. The Balaban J connectivity index is 1.75. The van der Waals surface area contributed by atoms with Crippen LogP contribution in [-0.4, -0.2) is 40.3 Å². The molecule has 0 fully saturated rings. The van der Waals surface area contributed by atoms with Gasteiger partial charge in [-0.05, 0) is 67.8 Å². The van der Waals surface area contributed by atoms with Gasteiger partial charge < -0.3 is 10.1 Å². The summed E-state index contributed by atoms with van der Waals surface area (Å²) in [5.74, 6) is 0.144. The van der Waals surface area contributed by atoms with Crippen LogP contribution in [0.3, 0.4) is 0 Å². The third-order valence-electron chi connectivity index (χ3n) is 4.17. The van der Waals surface area contributed by atoms with Crippen LogP contribution < -0.4 is 14.4 Å². The molecule has 0 aliphatic carbocycles. The first kappa shape index (κ1) is 22.7. The highest BCUT2D eigenvalue weighted by atomic mass is 32.2. The number of sulfonamides is 1. The van der Waals surface area contributed by atoms with Gasteiger partial charge in [0, 0.05) is 13.0 Å². The minimum absolute atomic E-state index is 0.136. The third kappa shape index (κ3) is 7.73. The van der Waals surface area contributed by atoms with Crippen LogP contribution >= 0.6 is 0 Å². The molecule has 2 rings (SSSR count). The van der Waals surface area contributed by atoms with E-state index in [-0.39, 0.29) is 18.9 Å². The molecule has 29 heavy (non-hydrogen) atoms. The van der Waals surface area contributed by atoms with E-state index < -0.39 is 15.8 Å². The van der Waals surface area contributed by atoms with Crippen molar-refractivity contribution in [2.75, 3.05) is 30.3 Å². The van der Waals surface area contributed by atoms with Gasteiger partial charge in [-0.3, -0.25) is 9.10 Å². The second-order valence-corrected chi connectivity index (χ2v) is 8.84. The van der Waals surface area contributed by atoms with Crippen molar-refractivity contribution in [3.05, 3.63) is 59.4 Å². The molecule has 158 valence electrons. The van der Waals surface area contributed by atoms with E-state index in [1.165, 1.54) is 28.6 Å². The van der Waals surface area contributed by atoms with E-state index in [4.69, 9.17) is 4.74 Å². The number of anilines is 1. The number of carbonyl (C=O) groups excluding carboxylic acids is 1. The first-order valence-corrected chi connectivity index (χ1v) is 11.2. The van der Waals surface area contributed by atoms with Crippen molar-refractivity contribution >= 4 is 21.6 Å². The lowest BCUT2D eigenvalue weighted by atomic mass is 10.1. The number of nitrogens with zero attached hydrogens (tertiary/aromatic N) is 1. The lowest BCUT2D eigenvalue weighted by Gasteiger charge is -2.22. The van der Waals surface area contributed by atoms with Crippen molar-refractivity contribution in [2.24, 2.45) is 0 Å². The van der Waals surface area contributed by atoms with E-state index in [2.05, 4.69) is 11.4 Å². The Morgan fingerprint density at radius 3 is 2.31 bits per heavy atom. The summed E-state index contributed by atoms with van der Waals surface area (Å²) in [6.45, 7) is 4.83. The molecule has 0 saturated carbocycles. The Bertz CT molecular complexity index is 910. The SMILES string of the molecule is Cc1cc(C)cc(OCCNC(=O)CCCN(c2ccc(F)cc2)S(C)(=O)=O)c1. The fraction of sp³-hybridized carbons (Fsp3) is 0.381. The average Bonchev–Trinajstić information content (AvgIpc) is 2.62. The molecule has 1 amide bonds. The standard InChI is InChI=1S/C21H27FN2O4S/c1-16-13-17(2)15-20(14-16)28-12-10-23-21(25)5-4-11-24(29(3,26)27)19-8-6-18(22)7-9-19/h6-9,13-15H,4-5,10-12H2,1-3H3,(H,23,25). The normalized spacial score (nSPS) is 11.2. The van der Waals surface area contributed by atoms with E-state index in [0.29, 0.717) is 25.3 Å². The number of aryl methyl sites for hydroxylation is 2. The van der Waals surface area contributed by atoms with E-state index in [0.717, 1.165) is 23.1 Å². The van der Waals surface area contributed by atoms with Gasteiger partial charge >= 0.3 is 0 Å². The van der Waals surface area contributed by atoms with Crippen molar-refractivity contribution in [2.45, 2.75) is 26.7 Å². The van der Waals surface area contributed by atoms with Gasteiger partial charge in [-0.2, -0.15) is 0 Å². The first-order valence-electron chi connectivity index (χ1n) is 9.36. The topological polar surface area (TPSA) is 75.7 Å². The van der Waals surface area contributed by atoms with Crippen LogP contribution in [-0.2, 0) is 14.8 Å². The summed E-state index contributed by atoms with van der Waals surface area (Å²) in [4.78, 5) is 12.0. The highest BCUT2D eigenvalue weighted by molar-refractivity contribution is 7.92. The fourth-order valence-corrected chi connectivity index (χ4v) is 3.91. The zero-order valence-corrected chi connectivity index (χ0v) is 17.8. The summed E-state index contributed by atoms with van der Waals surface area (Å²) < 4.78 is 43.9. The van der Waals surface area contributed by atoms with Crippen LogP contribution in [0.5, 0.6) is 5.75 Å². The summed E-state index contributed by atoms with van der Waals surface area (Å²) in [5.41, 5.74) is 2.59. The number of rotatable bonds is 10. The molecule has 0 saturated heterocycles. The number of hydrogen-bond acceptors (Lipinski definition) is 4. The van der Waals surface area contributed by atoms with Crippen molar-refractivity contribution < 1.29 is 22.3 Å². The number of amides is 1. The van der Waals surface area contributed by atoms with Gasteiger partial charge in [0.2, 0.25) is 15.9 Å². The Kier molecular flexibility index (Phi) is 8.01. The molecule has 0 heterocycles. The van der Waals surface area contributed by atoms with E-state index in [9.17, 15) is 17.6 Å². The molecule has 2 aromatic rings. The molecular formula is C21H27FN2O4S. The summed E-state index contributed by atoms with van der Waals surface area (Å²) in [6, 6.07) is 11.1. The summed E-state index contributed by atoms with van der Waals surface area (Å²) >= 11 is 0. The van der Waals surface area contributed by atoms with E-state index in [1.54, 1.807) is 0 Å². The molecular weight excluding hydrogens is 395 g/mol. The van der Waals surface area contributed by atoms with Gasteiger partial charge in [0.15, 0.2) is 0 Å². The minimum Gasteiger partial charge on any atom is -0.492 e. The summed E-state index contributed by atoms with van der Waals surface area (Å²) in [6.07, 6.45) is 1.60. The molecule has 0 radical (unpaired) electrons. The Hall–Kier alpha value is -2.61. The van der Waals surface area contributed by atoms with Gasteiger partial charge in [0.05, 0.1) is 18.5 Å². The van der Waals surface area contributed by atoms with Crippen molar-refractivity contribution in [1.29, 1.82) is 0 Å². The zero-order valence-electron chi connectivity index (χ0n) is 16.9. The smallest absolute Gasteiger partial charge is 0.232 e. The van der Waals surface area contributed by atoms with Crippen LogP contribution in [0.25, 0.3) is 0 Å². The van der Waals surface area contributed by atoms with Crippen LogP contribution in [0.2, 0.25) is 0 Å². The Morgan fingerprint density at radius 2 is 1.72 bits per heavy atom. The Labute approximate surface area is 171 Å². The second kappa shape index (κ2) is 10.2. The van der Waals surface area contributed by atoms with Gasteiger partial charge in [0.25, 0.3) is 0 Å². The maximum atomic E-state index is 13.1. The monoisotopic (exact) mass is 422 g/mol. The fourth-order valence-electron chi connectivity index (χ4n) is 2.94. The van der Waals surface area contributed by atoms with Crippen molar-refractivity contribution in [3.8, 4) is 5.75 Å². The highest BCUT2D eigenvalue weighted by Crippen LogP contribution is 2.19. The Morgan fingerprint density at radius 1 is 1.10 bits per heavy atom. The molecule has 0 bridgehead atoms. The first-order chi connectivity index (χ1) is 13.6. The number of carbonyl (C=O) groups is 1. The van der Waals surface area contributed by atoms with E-state index >= 15 is 0 Å². The predicted molar refractivity (Wildman–Crippen MR) is 112 cm³/mol. The summed E-state index contributed by atoms with van der Waals surface area (Å²) in [5, 5.41) is 2.76. The number of halogens is 1. The van der Waals surface area contributed by atoms with Crippen LogP contribution in [0.4, 0.5) is 10.1 Å². The number of ether oxygens (including phenoxy) is 1. The van der Waals surface area contributed by atoms with Crippen LogP contribution in [0.1, 0.15) is 24.0 Å². The van der Waals surface area contributed by atoms with Gasteiger partial charge in [-0.25, -0.2) is 12.8 Å². The van der Waals surface area contributed by atoms with Gasteiger partial charge in [0.1, 0.15) is 18.2 Å². The molecule has 0 atom stereocenters. The second-order valence-electron chi connectivity index (χ2n) is 6.94. The number of hydrogen-bond donors (Lipinski definition) is 1. The highest BCUT2D eigenvalue weighted by Gasteiger charge is 2.17. The molecule has 1 N–H and O–H groups in total. The molecule has 0 unspecified atom stereocenters. The molecule has 2 aromatic carbocycles. The molecule has 0 aliphatic rings.